The minimum absolute atomic E-state index is 0.100. The molecule has 0 aliphatic carbocycles. The van der Waals surface area contributed by atoms with Gasteiger partial charge in [0.2, 0.25) is 5.91 Å². The average molecular weight is 288 g/mol. The van der Waals surface area contributed by atoms with Gasteiger partial charge in [0.15, 0.2) is 11.5 Å². The maximum atomic E-state index is 12.0. The van der Waals surface area contributed by atoms with Crippen molar-refractivity contribution in [1.29, 1.82) is 0 Å². The highest BCUT2D eigenvalue weighted by atomic mass is 16.6. The van der Waals surface area contributed by atoms with Crippen molar-refractivity contribution < 1.29 is 14.3 Å². The molecule has 0 bridgehead atoms. The van der Waals surface area contributed by atoms with Crippen molar-refractivity contribution in [2.24, 2.45) is 11.0 Å². The molecule has 110 valence electrons. The van der Waals surface area contributed by atoms with Gasteiger partial charge in [-0.1, -0.05) is 11.2 Å². The van der Waals surface area contributed by atoms with E-state index in [4.69, 9.17) is 15.0 Å². The van der Waals surface area contributed by atoms with E-state index in [1.165, 1.54) is 0 Å². The molecule has 1 unspecified atom stereocenters. The molecule has 0 aromatic heterocycles. The maximum Gasteiger partial charge on any atom is 0.223 e. The van der Waals surface area contributed by atoms with Gasteiger partial charge in [0.25, 0.3) is 0 Å². The van der Waals surface area contributed by atoms with E-state index >= 15 is 0 Å². The number of carbonyl (C=O) groups is 1. The number of ether oxygens (including phenoxy) is 2. The van der Waals surface area contributed by atoms with Gasteiger partial charge in [0.1, 0.15) is 13.2 Å². The molecule has 7 nitrogen and oxygen atoms in total. The Morgan fingerprint density at radius 2 is 2.14 bits per heavy atom. The van der Waals surface area contributed by atoms with Crippen molar-refractivity contribution in [3.8, 4) is 11.5 Å². The minimum atomic E-state index is 0.100. The second-order valence-electron chi connectivity index (χ2n) is 5.24. The van der Waals surface area contributed by atoms with Gasteiger partial charge >= 0.3 is 0 Å². The van der Waals surface area contributed by atoms with Gasteiger partial charge in [-0.25, -0.2) is 0 Å². The van der Waals surface area contributed by atoms with Gasteiger partial charge in [0, 0.05) is 31.0 Å². The van der Waals surface area contributed by atoms with E-state index in [-0.39, 0.29) is 11.8 Å². The van der Waals surface area contributed by atoms with E-state index in [2.05, 4.69) is 10.0 Å². The van der Waals surface area contributed by atoms with Gasteiger partial charge in [-0.15, -0.1) is 0 Å². The zero-order chi connectivity index (χ0) is 14.7. The van der Waals surface area contributed by atoms with Crippen LogP contribution in [0.15, 0.2) is 23.3 Å². The van der Waals surface area contributed by atoms with E-state index in [0.717, 1.165) is 17.1 Å². The third-order valence-electron chi connectivity index (χ3n) is 3.68. The lowest BCUT2D eigenvalue weighted by molar-refractivity contribution is -0.128. The third-order valence-corrected chi connectivity index (χ3v) is 3.68. The molecule has 2 heterocycles. The number of hydrogen-bond donors (Lipinski definition) is 0. The molecule has 1 atom stereocenters. The highest BCUT2D eigenvalue weighted by molar-refractivity contribution is 5.78. The van der Waals surface area contributed by atoms with E-state index < -0.39 is 0 Å². The molecular weight excluding hydrogens is 272 g/mol. The van der Waals surface area contributed by atoms with E-state index in [1.807, 2.05) is 18.2 Å². The maximum absolute atomic E-state index is 12.0. The molecule has 2 aliphatic heterocycles. The highest BCUT2D eigenvalue weighted by Crippen LogP contribution is 2.31. The SMILES string of the molecule is [N-]=[N+]=NCC1CC(=O)N(Cc2ccc3c(c2)OCCO3)C1. The van der Waals surface area contributed by atoms with Gasteiger partial charge < -0.3 is 14.4 Å². The van der Waals surface area contributed by atoms with Crippen molar-refractivity contribution in [2.45, 2.75) is 13.0 Å². The number of likely N-dealkylation sites (tertiary alicyclic amines) is 1. The van der Waals surface area contributed by atoms with Crippen LogP contribution in [0, 0.1) is 5.92 Å². The van der Waals surface area contributed by atoms with Crippen molar-refractivity contribution in [1.82, 2.24) is 4.90 Å². The monoisotopic (exact) mass is 288 g/mol. The Kier molecular flexibility index (Phi) is 3.83. The quantitative estimate of drug-likeness (QED) is 0.483. The Balaban J connectivity index is 1.66. The van der Waals surface area contributed by atoms with E-state index in [1.54, 1.807) is 4.90 Å². The van der Waals surface area contributed by atoms with Crippen LogP contribution in [-0.4, -0.2) is 37.1 Å². The Morgan fingerprint density at radius 3 is 2.95 bits per heavy atom. The Labute approximate surface area is 122 Å². The molecule has 1 aromatic carbocycles. The largest absolute Gasteiger partial charge is 0.486 e. The molecule has 21 heavy (non-hydrogen) atoms. The van der Waals surface area contributed by atoms with Crippen molar-refractivity contribution in [3.63, 3.8) is 0 Å². The van der Waals surface area contributed by atoms with Crippen LogP contribution in [0.2, 0.25) is 0 Å². The van der Waals surface area contributed by atoms with Crippen molar-refractivity contribution in [2.75, 3.05) is 26.3 Å². The Morgan fingerprint density at radius 1 is 1.33 bits per heavy atom. The summed E-state index contributed by atoms with van der Waals surface area (Å²) in [6.45, 7) is 2.67. The van der Waals surface area contributed by atoms with Crippen LogP contribution < -0.4 is 9.47 Å². The first-order valence-electron chi connectivity index (χ1n) is 6.93. The molecule has 1 amide bonds. The van der Waals surface area contributed by atoms with E-state index in [9.17, 15) is 4.79 Å². The van der Waals surface area contributed by atoms with Gasteiger partial charge in [-0.05, 0) is 29.1 Å². The number of carbonyl (C=O) groups excluding carboxylic acids is 1. The average Bonchev–Trinajstić information content (AvgIpc) is 2.85. The van der Waals surface area contributed by atoms with Gasteiger partial charge in [-0.3, -0.25) is 4.79 Å². The Hall–Kier alpha value is -2.40. The molecule has 7 heteroatoms. The van der Waals surface area contributed by atoms with Crippen LogP contribution in [0.1, 0.15) is 12.0 Å². The molecule has 0 saturated carbocycles. The number of fused-ring (bicyclic) bond motifs is 1. The predicted molar refractivity (Wildman–Crippen MR) is 75.0 cm³/mol. The number of rotatable bonds is 4. The van der Waals surface area contributed by atoms with Crippen molar-refractivity contribution >= 4 is 5.91 Å². The summed E-state index contributed by atoms with van der Waals surface area (Å²) in [4.78, 5) is 16.5. The summed E-state index contributed by atoms with van der Waals surface area (Å²) in [5.41, 5.74) is 9.35. The number of nitrogens with zero attached hydrogens (tertiary/aromatic N) is 4. The number of azide groups is 1. The molecular formula is C14H16N4O3. The Bertz CT molecular complexity index is 598. The van der Waals surface area contributed by atoms with Crippen molar-refractivity contribution in [3.05, 3.63) is 34.2 Å². The fourth-order valence-electron chi connectivity index (χ4n) is 2.69. The third kappa shape index (κ3) is 3.03. The number of benzene rings is 1. The first-order chi connectivity index (χ1) is 10.3. The highest BCUT2D eigenvalue weighted by Gasteiger charge is 2.29. The first kappa shape index (κ1) is 13.6. The summed E-state index contributed by atoms with van der Waals surface area (Å²) >= 11 is 0. The molecule has 0 spiro atoms. The zero-order valence-electron chi connectivity index (χ0n) is 11.6. The molecule has 0 N–H and O–H groups in total. The minimum Gasteiger partial charge on any atom is -0.486 e. The smallest absolute Gasteiger partial charge is 0.223 e. The van der Waals surface area contributed by atoms with E-state index in [0.29, 0.717) is 39.3 Å². The predicted octanol–water partition coefficient (Wildman–Crippen LogP) is 2.12. The normalized spacial score (nSPS) is 20.3. The van der Waals surface area contributed by atoms with Crippen LogP contribution in [0.25, 0.3) is 10.4 Å². The summed E-state index contributed by atoms with van der Waals surface area (Å²) in [6.07, 6.45) is 0.448. The summed E-state index contributed by atoms with van der Waals surface area (Å²) in [7, 11) is 0. The lowest BCUT2D eigenvalue weighted by atomic mass is 10.1. The molecule has 1 aromatic rings. The topological polar surface area (TPSA) is 87.5 Å². The lowest BCUT2D eigenvalue weighted by Crippen LogP contribution is -2.25. The fourth-order valence-corrected chi connectivity index (χ4v) is 2.69. The van der Waals surface area contributed by atoms with Crippen LogP contribution >= 0.6 is 0 Å². The molecule has 3 rings (SSSR count). The fraction of sp³-hybridized carbons (Fsp3) is 0.500. The number of amides is 1. The van der Waals surface area contributed by atoms with Gasteiger partial charge in [-0.2, -0.15) is 0 Å². The summed E-state index contributed by atoms with van der Waals surface area (Å²) in [5, 5.41) is 3.55. The van der Waals surface area contributed by atoms with Crippen LogP contribution in [0.4, 0.5) is 0 Å². The van der Waals surface area contributed by atoms with Crippen LogP contribution in [-0.2, 0) is 11.3 Å². The summed E-state index contributed by atoms with van der Waals surface area (Å²) in [5.74, 6) is 1.70. The molecule has 1 fully saturated rings. The number of hydrogen-bond acceptors (Lipinski definition) is 4. The summed E-state index contributed by atoms with van der Waals surface area (Å²) < 4.78 is 11.0. The standard InChI is InChI=1S/C14H16N4O3/c15-17-16-7-11-6-14(19)18(9-11)8-10-1-2-12-13(5-10)21-4-3-20-12/h1-2,5,11H,3-4,6-9H2. The second kappa shape index (κ2) is 5.93. The summed E-state index contributed by atoms with van der Waals surface area (Å²) in [6, 6.07) is 5.74. The molecule has 2 aliphatic rings. The van der Waals surface area contributed by atoms with Gasteiger partial charge in [0.05, 0.1) is 0 Å². The zero-order valence-corrected chi connectivity index (χ0v) is 11.6. The second-order valence-corrected chi connectivity index (χ2v) is 5.24. The molecule has 1 saturated heterocycles. The lowest BCUT2D eigenvalue weighted by Gasteiger charge is -2.21. The first-order valence-corrected chi connectivity index (χ1v) is 6.93. The van der Waals surface area contributed by atoms with Crippen LogP contribution in [0.5, 0.6) is 11.5 Å². The molecule has 0 radical (unpaired) electrons. The van der Waals surface area contributed by atoms with Crippen LogP contribution in [0.3, 0.4) is 0 Å².